The fraction of sp³-hybridized carbons (Fsp3) is 0.417. The molecule has 1 saturated carbocycles. The van der Waals surface area contributed by atoms with Crippen molar-refractivity contribution in [3.05, 3.63) is 373 Å². The van der Waals surface area contributed by atoms with Gasteiger partial charge in [0.1, 0.15) is 0 Å². The maximum absolute atomic E-state index is 5.13. The second kappa shape index (κ2) is 61.1. The van der Waals surface area contributed by atoms with Gasteiger partial charge in [-0.05, 0) is 249 Å². The Kier molecular flexibility index (Phi) is 50.2. The van der Waals surface area contributed by atoms with E-state index in [0.29, 0.717) is 11.8 Å². The van der Waals surface area contributed by atoms with Crippen LogP contribution in [0.4, 0.5) is 0 Å². The molecule has 0 aliphatic heterocycles. The predicted octanol–water partition coefficient (Wildman–Crippen LogP) is 35.6. The minimum absolute atomic E-state index is 0. The van der Waals surface area contributed by atoms with E-state index in [-0.39, 0.29) is 85.8 Å². The van der Waals surface area contributed by atoms with Gasteiger partial charge in [-0.25, -0.2) is 0 Å². The summed E-state index contributed by atoms with van der Waals surface area (Å²) < 4.78 is 9.87. The van der Waals surface area contributed by atoms with Crippen LogP contribution >= 0.6 is 0 Å². The van der Waals surface area contributed by atoms with Gasteiger partial charge >= 0.3 is 0 Å². The maximum atomic E-state index is 5.13. The normalized spacial score (nSPS) is 11.9. The van der Waals surface area contributed by atoms with Crippen molar-refractivity contribution < 1.29 is 80.4 Å². The van der Waals surface area contributed by atoms with Gasteiger partial charge in [0.25, 0.3) is 0 Å². The predicted molar refractivity (Wildman–Crippen MR) is 598 cm³/mol. The first-order valence-corrected chi connectivity index (χ1v) is 54.4. The van der Waals surface area contributed by atoms with Crippen LogP contribution in [0.3, 0.4) is 0 Å². The molecule has 10 aromatic carbocycles. The Labute approximate surface area is 928 Å². The van der Waals surface area contributed by atoms with Crippen LogP contribution < -0.4 is 0 Å². The number of nitrogens with zero attached hydrogens (tertiary/aromatic N) is 9. The number of aromatic nitrogens is 9. The van der Waals surface area contributed by atoms with Crippen LogP contribution in [0.15, 0.2) is 237 Å². The molecule has 4 radical (unpaired) electrons. The first-order valence-electron chi connectivity index (χ1n) is 54.4. The van der Waals surface area contributed by atoms with Gasteiger partial charge < -0.3 is 18.3 Å². The molecule has 0 bridgehead atoms. The summed E-state index contributed by atoms with van der Waals surface area (Å²) in [6.07, 6.45) is 53.1. The molecule has 0 unspecified atom stereocenters. The Morgan fingerprint density at radius 2 is 0.814 bits per heavy atom. The zero-order valence-corrected chi connectivity index (χ0v) is 100. The van der Waals surface area contributed by atoms with Crippen LogP contribution in [0.2, 0.25) is 0 Å². The van der Waals surface area contributed by atoms with Crippen molar-refractivity contribution in [2.75, 3.05) is 0 Å². The molecule has 0 atom stereocenters. The molecule has 15 aromatic rings. The standard InChI is InChI=1S/C39H51N2.C34H34N3.C34H47N2.C25H31N2.4Ir/c1-8-10-12-17-21-36-31(6)30(5)32(7)37(22-18-13-11-9-2)38(36)41-35(26-34-25-28(3)23-24-29(34)4)27-40-39(41)33-19-15-14-16-20-33;1-3-4-5-8-17-29-20-21-32(28-15-9-6-10-16-28)26(2)33(29)37-31(23-27-14-13-22-35-24-27)25-36-34(37)30-18-11-7-12-19-30;1-7-8-9-12-17-26-22-29(27-18-13-10-14-19-27)32(30(23-26)34(4,5)6)36-31(25(2)3)24-35-33(36)28-20-15-11-16-21-28;1-4-7-18-23-19-26-25(22-14-9-8-10-15-22)27(23)24-20(12-5-2)16-11-17-21(24)13-6-3;;;;/h14-16,19,23-25,27H,8-13,17-18,21-22,26H2,1-7H3;6-7,9-16,18,20-22,24-25H,3-5,8,17,23H2,1-2H3;11,15-16,20,22-25,27H,7-10,12-14,17-19H2,1-6H3;8-11,14,16-17,19H,4-7,12-13,18H2,1-3H3;;;;/q4*-1;;;;. The molecule has 1 fully saturated rings. The fourth-order valence-electron chi connectivity index (χ4n) is 21.1. The van der Waals surface area contributed by atoms with E-state index in [1.165, 1.54) is 289 Å². The van der Waals surface area contributed by atoms with Crippen molar-refractivity contribution in [2.24, 2.45) is 0 Å². The summed E-state index contributed by atoms with van der Waals surface area (Å²) in [5, 5.41) is 0. The molecular formula is C132H163Ir4N9-4. The van der Waals surface area contributed by atoms with Crippen molar-refractivity contribution in [2.45, 2.75) is 360 Å². The van der Waals surface area contributed by atoms with Crippen LogP contribution in [-0.2, 0) is 144 Å². The van der Waals surface area contributed by atoms with Gasteiger partial charge in [0, 0.05) is 176 Å². The number of aryl methyl sites for hydroxylation is 7. The summed E-state index contributed by atoms with van der Waals surface area (Å²) in [4.78, 5) is 24.3. The molecule has 145 heavy (non-hydrogen) atoms. The van der Waals surface area contributed by atoms with Crippen LogP contribution in [0.5, 0.6) is 0 Å². The minimum atomic E-state index is 0. The van der Waals surface area contributed by atoms with E-state index in [1.54, 1.807) is 5.56 Å². The molecular weight excluding hydrogens is 2480 g/mol. The molecule has 776 valence electrons. The van der Waals surface area contributed by atoms with E-state index in [1.807, 2.05) is 73.2 Å². The average Bonchev–Trinajstić information content (AvgIpc) is 1.62. The average molecular weight is 2640 g/mol. The Hall–Kier alpha value is -9.21. The third-order valence-electron chi connectivity index (χ3n) is 29.0. The largest absolute Gasteiger partial charge is 0.337 e. The van der Waals surface area contributed by atoms with Crippen LogP contribution in [-0.4, -0.2) is 43.2 Å². The number of imidazole rings is 4. The van der Waals surface area contributed by atoms with Gasteiger partial charge in [-0.3, -0.25) is 24.9 Å². The molecule has 0 amide bonds. The molecule has 16 rings (SSSR count). The van der Waals surface area contributed by atoms with E-state index in [9.17, 15) is 0 Å². The summed E-state index contributed by atoms with van der Waals surface area (Å²) in [7, 11) is 0. The van der Waals surface area contributed by atoms with Crippen molar-refractivity contribution in [3.8, 4) is 79.4 Å². The molecule has 0 spiro atoms. The van der Waals surface area contributed by atoms with E-state index in [2.05, 4.69) is 336 Å². The first-order chi connectivity index (χ1) is 68.7. The maximum Gasteiger partial charge on any atom is 0.0605 e. The molecule has 0 N–H and O–H groups in total. The van der Waals surface area contributed by atoms with Crippen LogP contribution in [0, 0.1) is 65.8 Å². The van der Waals surface area contributed by atoms with Crippen molar-refractivity contribution >= 4 is 0 Å². The number of hydrogen-bond acceptors (Lipinski definition) is 5. The summed E-state index contributed by atoms with van der Waals surface area (Å²) in [5.74, 6) is 5.00. The van der Waals surface area contributed by atoms with Crippen molar-refractivity contribution in [1.82, 2.24) is 43.2 Å². The van der Waals surface area contributed by atoms with Gasteiger partial charge in [-0.1, -0.05) is 301 Å². The zero-order chi connectivity index (χ0) is 99.6. The summed E-state index contributed by atoms with van der Waals surface area (Å²) in [6.45, 7) is 41.4. The SMILES string of the molecule is CCCCCCc1c(C)c(C)c(C)c(CCCCCC)c1-n1c(Cc2cc(C)ccc2C)cnc1-c1[c-]cccc1.CCCCCCc1cc(C2CCCCC2)c(-n2c(C(C)C)cnc2-c2[c-]cccc2)c(C(C)(C)C)c1.CCCCCCc1ccc(-c2ccccc2)c(C)c1-n1c(Cc2cccnc2)cnc1-c1[c-]cccc1.CCCCc1cnc(-c2[c-]cccc2)n1-c1c(CCC)cccc1CCC.[Ir].[Ir].[Ir].[Ir]. The number of rotatable bonds is 42. The van der Waals surface area contributed by atoms with Gasteiger partial charge in [0.15, 0.2) is 0 Å². The van der Waals surface area contributed by atoms with E-state index in [0.717, 1.165) is 115 Å². The fourth-order valence-corrected chi connectivity index (χ4v) is 21.1. The molecule has 0 saturated heterocycles. The zero-order valence-electron chi connectivity index (χ0n) is 90.6. The van der Waals surface area contributed by atoms with E-state index in [4.69, 9.17) is 19.9 Å². The topological polar surface area (TPSA) is 84.2 Å². The van der Waals surface area contributed by atoms with E-state index < -0.39 is 0 Å². The second-order valence-corrected chi connectivity index (χ2v) is 41.2. The monoisotopic (exact) mass is 2650 g/mol. The minimum Gasteiger partial charge on any atom is -0.337 e. The van der Waals surface area contributed by atoms with Crippen LogP contribution in [0.25, 0.3) is 79.4 Å². The quantitative estimate of drug-likeness (QED) is 0.0281. The van der Waals surface area contributed by atoms with Gasteiger partial charge in [0.05, 0.1) is 23.3 Å². The number of hydrogen-bond donors (Lipinski definition) is 0. The smallest absolute Gasteiger partial charge is 0.0605 e. The number of para-hydroxylation sites is 1. The molecule has 5 heterocycles. The number of unbranched alkanes of at least 4 members (excludes halogenated alkanes) is 13. The summed E-state index contributed by atoms with van der Waals surface area (Å²) >= 11 is 0. The molecule has 9 nitrogen and oxygen atoms in total. The number of benzene rings is 10. The first kappa shape index (κ1) is 119. The van der Waals surface area contributed by atoms with Crippen molar-refractivity contribution in [3.63, 3.8) is 0 Å². The van der Waals surface area contributed by atoms with Gasteiger partial charge in [0.2, 0.25) is 0 Å². The van der Waals surface area contributed by atoms with Gasteiger partial charge in [-0.2, -0.15) is 0 Å². The Morgan fingerprint density at radius 1 is 0.345 bits per heavy atom. The van der Waals surface area contributed by atoms with Crippen molar-refractivity contribution in [1.29, 1.82) is 0 Å². The summed E-state index contributed by atoms with van der Waals surface area (Å²) in [5.41, 5.74) is 39.9. The second-order valence-electron chi connectivity index (χ2n) is 41.2. The molecule has 13 heteroatoms. The Balaban J connectivity index is 0.000000215. The van der Waals surface area contributed by atoms with E-state index >= 15 is 0 Å². The Morgan fingerprint density at radius 3 is 1.30 bits per heavy atom. The number of pyridine rings is 1. The molecule has 5 aromatic heterocycles. The summed E-state index contributed by atoms with van der Waals surface area (Å²) in [6, 6.07) is 85.0. The van der Waals surface area contributed by atoms with Gasteiger partial charge in [-0.15, -0.1) is 144 Å². The third-order valence-corrected chi connectivity index (χ3v) is 29.0. The molecule has 1 aliphatic rings. The third kappa shape index (κ3) is 31.5. The molecule has 1 aliphatic carbocycles. The Bertz CT molecular complexity index is 6290. The van der Waals surface area contributed by atoms with Crippen LogP contribution in [0.1, 0.15) is 367 Å².